The van der Waals surface area contributed by atoms with E-state index in [0.717, 1.165) is 19.3 Å². The summed E-state index contributed by atoms with van der Waals surface area (Å²) in [7, 11) is 0. The lowest BCUT2D eigenvalue weighted by molar-refractivity contribution is -0.142. The van der Waals surface area contributed by atoms with Crippen LogP contribution in [0.4, 0.5) is 0 Å². The second kappa shape index (κ2) is 8.98. The molecule has 5 nitrogen and oxygen atoms in total. The average Bonchev–Trinajstić information content (AvgIpc) is 2.26. The van der Waals surface area contributed by atoms with Crippen LogP contribution in [0, 0.1) is 5.92 Å². The van der Waals surface area contributed by atoms with Gasteiger partial charge in [-0.05, 0) is 31.7 Å². The molecular formula is C12H24N2O3. The first-order valence-electron chi connectivity index (χ1n) is 6.23. The Morgan fingerprint density at radius 1 is 1.29 bits per heavy atom. The van der Waals surface area contributed by atoms with Crippen molar-refractivity contribution in [2.24, 2.45) is 11.7 Å². The molecule has 1 unspecified atom stereocenters. The molecule has 0 heterocycles. The van der Waals surface area contributed by atoms with Gasteiger partial charge in [-0.2, -0.15) is 0 Å². The molecule has 0 saturated carbocycles. The molecule has 1 amide bonds. The highest BCUT2D eigenvalue weighted by atomic mass is 16.4. The fraction of sp³-hybridized carbons (Fsp3) is 0.833. The number of carboxylic acids is 1. The van der Waals surface area contributed by atoms with Crippen molar-refractivity contribution in [3.8, 4) is 0 Å². The molecule has 0 aliphatic rings. The number of carboxylic acid groups (broad SMARTS) is 1. The maximum absolute atomic E-state index is 11.5. The minimum Gasteiger partial charge on any atom is -0.480 e. The maximum Gasteiger partial charge on any atom is 0.326 e. The summed E-state index contributed by atoms with van der Waals surface area (Å²) in [6.07, 6.45) is 3.22. The Kier molecular flexibility index (Phi) is 8.40. The third-order valence-electron chi connectivity index (χ3n) is 2.73. The van der Waals surface area contributed by atoms with E-state index in [1.807, 2.05) is 13.8 Å². The summed E-state index contributed by atoms with van der Waals surface area (Å²) in [6.45, 7) is 4.56. The number of hydrogen-bond acceptors (Lipinski definition) is 3. The van der Waals surface area contributed by atoms with Crippen LogP contribution >= 0.6 is 0 Å². The predicted molar refractivity (Wildman–Crippen MR) is 66.5 cm³/mol. The van der Waals surface area contributed by atoms with Crippen molar-refractivity contribution in [1.82, 2.24) is 5.32 Å². The van der Waals surface area contributed by atoms with Crippen LogP contribution in [0.2, 0.25) is 0 Å². The van der Waals surface area contributed by atoms with Gasteiger partial charge in [-0.15, -0.1) is 0 Å². The van der Waals surface area contributed by atoms with Gasteiger partial charge >= 0.3 is 5.97 Å². The smallest absolute Gasteiger partial charge is 0.326 e. The van der Waals surface area contributed by atoms with E-state index < -0.39 is 12.0 Å². The van der Waals surface area contributed by atoms with Crippen molar-refractivity contribution in [2.75, 3.05) is 6.54 Å². The Morgan fingerprint density at radius 2 is 1.94 bits per heavy atom. The normalized spacial score (nSPS) is 14.1. The van der Waals surface area contributed by atoms with Gasteiger partial charge in [0.1, 0.15) is 6.04 Å². The van der Waals surface area contributed by atoms with Gasteiger partial charge in [0.25, 0.3) is 0 Å². The quantitative estimate of drug-likeness (QED) is 0.566. The molecule has 0 spiro atoms. The SMILES string of the molecule is CCC[C@@H](NC(=O)CCC(C)CCN)C(=O)O. The van der Waals surface area contributed by atoms with Crippen molar-refractivity contribution in [3.63, 3.8) is 0 Å². The van der Waals surface area contributed by atoms with E-state index >= 15 is 0 Å². The summed E-state index contributed by atoms with van der Waals surface area (Å²) >= 11 is 0. The Balaban J connectivity index is 3.93. The van der Waals surface area contributed by atoms with Crippen LogP contribution in [-0.4, -0.2) is 29.6 Å². The fourth-order valence-corrected chi connectivity index (χ4v) is 1.62. The van der Waals surface area contributed by atoms with Gasteiger partial charge < -0.3 is 16.2 Å². The van der Waals surface area contributed by atoms with Crippen LogP contribution in [0.1, 0.15) is 46.0 Å². The van der Waals surface area contributed by atoms with E-state index in [1.165, 1.54) is 0 Å². The number of nitrogens with one attached hydrogen (secondary N) is 1. The monoisotopic (exact) mass is 244 g/mol. The highest BCUT2D eigenvalue weighted by Crippen LogP contribution is 2.09. The zero-order chi connectivity index (χ0) is 13.3. The van der Waals surface area contributed by atoms with Crippen LogP contribution in [-0.2, 0) is 9.59 Å². The largest absolute Gasteiger partial charge is 0.480 e. The number of carbonyl (C=O) groups excluding carboxylic acids is 1. The molecule has 17 heavy (non-hydrogen) atoms. The number of carbonyl (C=O) groups is 2. The van der Waals surface area contributed by atoms with Crippen LogP contribution in [0.25, 0.3) is 0 Å². The first-order chi connectivity index (χ1) is 8.01. The third kappa shape index (κ3) is 7.74. The van der Waals surface area contributed by atoms with Crippen molar-refractivity contribution in [2.45, 2.75) is 52.0 Å². The van der Waals surface area contributed by atoms with Gasteiger partial charge in [0.15, 0.2) is 0 Å². The molecule has 0 radical (unpaired) electrons. The fourth-order valence-electron chi connectivity index (χ4n) is 1.62. The number of nitrogens with two attached hydrogens (primary N) is 1. The minimum atomic E-state index is -0.963. The molecule has 4 N–H and O–H groups in total. The van der Waals surface area contributed by atoms with Gasteiger partial charge in [-0.1, -0.05) is 20.3 Å². The number of rotatable bonds is 9. The molecule has 0 aromatic heterocycles. The first-order valence-corrected chi connectivity index (χ1v) is 6.23. The maximum atomic E-state index is 11.5. The molecule has 100 valence electrons. The molecule has 2 atom stereocenters. The van der Waals surface area contributed by atoms with Gasteiger partial charge in [-0.3, -0.25) is 4.79 Å². The predicted octanol–water partition coefficient (Wildman–Crippen LogP) is 1.12. The first kappa shape index (κ1) is 15.9. The van der Waals surface area contributed by atoms with E-state index in [2.05, 4.69) is 5.32 Å². The number of aliphatic carboxylic acids is 1. The van der Waals surface area contributed by atoms with E-state index in [-0.39, 0.29) is 5.91 Å². The van der Waals surface area contributed by atoms with Gasteiger partial charge in [0.2, 0.25) is 5.91 Å². The number of hydrogen-bond donors (Lipinski definition) is 3. The zero-order valence-corrected chi connectivity index (χ0v) is 10.7. The highest BCUT2D eigenvalue weighted by Gasteiger charge is 2.18. The molecule has 0 bridgehead atoms. The van der Waals surface area contributed by atoms with Crippen molar-refractivity contribution in [3.05, 3.63) is 0 Å². The molecule has 0 aromatic carbocycles. The highest BCUT2D eigenvalue weighted by molar-refractivity contribution is 5.83. The van der Waals surface area contributed by atoms with Crippen LogP contribution in [0.5, 0.6) is 0 Å². The number of amides is 1. The van der Waals surface area contributed by atoms with E-state index in [4.69, 9.17) is 10.8 Å². The Labute approximate surface area is 103 Å². The lowest BCUT2D eigenvalue weighted by Gasteiger charge is -2.14. The average molecular weight is 244 g/mol. The molecule has 0 rings (SSSR count). The second-order valence-electron chi connectivity index (χ2n) is 4.47. The lowest BCUT2D eigenvalue weighted by Crippen LogP contribution is -2.40. The van der Waals surface area contributed by atoms with E-state index in [1.54, 1.807) is 0 Å². The van der Waals surface area contributed by atoms with E-state index in [0.29, 0.717) is 25.3 Å². The lowest BCUT2D eigenvalue weighted by atomic mass is 10.0. The van der Waals surface area contributed by atoms with Gasteiger partial charge in [-0.25, -0.2) is 4.79 Å². The van der Waals surface area contributed by atoms with Gasteiger partial charge in [0.05, 0.1) is 0 Å². The molecule has 0 aliphatic carbocycles. The Hall–Kier alpha value is -1.10. The second-order valence-corrected chi connectivity index (χ2v) is 4.47. The third-order valence-corrected chi connectivity index (χ3v) is 2.73. The molecule has 0 saturated heterocycles. The summed E-state index contributed by atoms with van der Waals surface area (Å²) in [5, 5.41) is 11.4. The van der Waals surface area contributed by atoms with Crippen molar-refractivity contribution in [1.29, 1.82) is 0 Å². The Bertz CT molecular complexity index is 244. The van der Waals surface area contributed by atoms with Crippen molar-refractivity contribution >= 4 is 11.9 Å². The van der Waals surface area contributed by atoms with Crippen LogP contribution in [0.3, 0.4) is 0 Å². The van der Waals surface area contributed by atoms with Crippen LogP contribution < -0.4 is 11.1 Å². The molecule has 0 aromatic rings. The summed E-state index contributed by atoms with van der Waals surface area (Å²) < 4.78 is 0. The standard InChI is InChI=1S/C12H24N2O3/c1-3-4-10(12(16)17)14-11(15)6-5-9(2)7-8-13/h9-10H,3-8,13H2,1-2H3,(H,14,15)(H,16,17)/t9?,10-/m1/s1. The van der Waals surface area contributed by atoms with E-state index in [9.17, 15) is 9.59 Å². The van der Waals surface area contributed by atoms with Crippen LogP contribution in [0.15, 0.2) is 0 Å². The summed E-state index contributed by atoms with van der Waals surface area (Å²) in [4.78, 5) is 22.4. The van der Waals surface area contributed by atoms with Crippen molar-refractivity contribution < 1.29 is 14.7 Å². The molecular weight excluding hydrogens is 220 g/mol. The summed E-state index contributed by atoms with van der Waals surface area (Å²) in [6, 6.07) is -0.752. The Morgan fingerprint density at radius 3 is 2.41 bits per heavy atom. The zero-order valence-electron chi connectivity index (χ0n) is 10.7. The minimum absolute atomic E-state index is 0.185. The molecule has 0 fully saturated rings. The topological polar surface area (TPSA) is 92.4 Å². The summed E-state index contributed by atoms with van der Waals surface area (Å²) in [5.41, 5.74) is 5.42. The molecule has 0 aliphatic heterocycles. The summed E-state index contributed by atoms with van der Waals surface area (Å²) in [5.74, 6) is -0.745. The van der Waals surface area contributed by atoms with Gasteiger partial charge in [0, 0.05) is 6.42 Å². The molecule has 5 heteroatoms.